The quantitative estimate of drug-likeness (QED) is 0.781. The number of aromatic nitrogens is 2. The summed E-state index contributed by atoms with van der Waals surface area (Å²) >= 11 is 0. The molecule has 1 fully saturated rings. The lowest BCUT2D eigenvalue weighted by molar-refractivity contribution is -0.133. The molecule has 0 radical (unpaired) electrons. The van der Waals surface area contributed by atoms with Crippen LogP contribution in [0.3, 0.4) is 0 Å². The second-order valence-electron chi connectivity index (χ2n) is 4.64. The number of nitrogens with one attached hydrogen (secondary N) is 2. The Bertz CT molecular complexity index is 662. The molecule has 3 rings (SSSR count). The van der Waals surface area contributed by atoms with Crippen molar-refractivity contribution in [3.63, 3.8) is 0 Å². The number of aryl methyl sites for hydroxylation is 1. The zero-order chi connectivity index (χ0) is 13.4. The van der Waals surface area contributed by atoms with Gasteiger partial charge in [0.2, 0.25) is 11.8 Å². The molecule has 1 saturated heterocycles. The van der Waals surface area contributed by atoms with Crippen molar-refractivity contribution in [3.05, 3.63) is 24.3 Å². The summed E-state index contributed by atoms with van der Waals surface area (Å²) in [5, 5.41) is 10.8. The molecule has 1 atom stereocenters. The van der Waals surface area contributed by atoms with E-state index in [1.807, 2.05) is 31.3 Å². The molecule has 0 spiro atoms. The van der Waals surface area contributed by atoms with Crippen LogP contribution in [0.25, 0.3) is 10.9 Å². The maximum absolute atomic E-state index is 11.7. The minimum absolute atomic E-state index is 0.214. The molecule has 2 N–H and O–H groups in total. The van der Waals surface area contributed by atoms with Gasteiger partial charge in [0.05, 0.1) is 5.52 Å². The van der Waals surface area contributed by atoms with Crippen molar-refractivity contribution in [2.75, 3.05) is 5.32 Å². The van der Waals surface area contributed by atoms with Crippen LogP contribution in [0.2, 0.25) is 0 Å². The average Bonchev–Trinajstić information content (AvgIpc) is 2.71. The van der Waals surface area contributed by atoms with E-state index in [-0.39, 0.29) is 11.8 Å². The molecule has 1 unspecified atom stereocenters. The third kappa shape index (κ3) is 2.05. The van der Waals surface area contributed by atoms with Gasteiger partial charge in [-0.3, -0.25) is 19.6 Å². The molecular weight excluding hydrogens is 244 g/mol. The summed E-state index contributed by atoms with van der Waals surface area (Å²) in [6.07, 6.45) is 0.851. The lowest BCUT2D eigenvalue weighted by atomic mass is 10.1. The first-order chi connectivity index (χ1) is 9.15. The molecule has 0 saturated carbocycles. The van der Waals surface area contributed by atoms with Crippen molar-refractivity contribution >= 4 is 28.5 Å². The highest BCUT2D eigenvalue weighted by Crippen LogP contribution is 2.23. The Morgan fingerprint density at radius 1 is 1.37 bits per heavy atom. The molecule has 98 valence electrons. The van der Waals surface area contributed by atoms with Crippen molar-refractivity contribution in [1.29, 1.82) is 0 Å². The second-order valence-corrected chi connectivity index (χ2v) is 4.64. The molecule has 1 aromatic heterocycles. The fourth-order valence-electron chi connectivity index (χ4n) is 2.32. The van der Waals surface area contributed by atoms with E-state index in [0.29, 0.717) is 18.7 Å². The molecule has 2 amide bonds. The molecule has 6 nitrogen and oxygen atoms in total. The molecular formula is C13H14N4O2. The maximum Gasteiger partial charge on any atom is 0.249 e. The fraction of sp³-hybridized carbons (Fsp3) is 0.308. The highest BCUT2D eigenvalue weighted by molar-refractivity contribution is 6.02. The van der Waals surface area contributed by atoms with Crippen molar-refractivity contribution < 1.29 is 9.59 Å². The van der Waals surface area contributed by atoms with Gasteiger partial charge < -0.3 is 5.32 Å². The Morgan fingerprint density at radius 3 is 2.95 bits per heavy atom. The Balaban J connectivity index is 1.89. The lowest BCUT2D eigenvalue weighted by Gasteiger charge is -2.21. The van der Waals surface area contributed by atoms with Crippen LogP contribution in [0, 0.1) is 0 Å². The first-order valence-corrected chi connectivity index (χ1v) is 6.17. The van der Waals surface area contributed by atoms with Gasteiger partial charge in [0, 0.05) is 18.9 Å². The van der Waals surface area contributed by atoms with Crippen LogP contribution < -0.4 is 10.6 Å². The Morgan fingerprint density at radius 2 is 2.16 bits per heavy atom. The van der Waals surface area contributed by atoms with Gasteiger partial charge in [0.1, 0.15) is 6.04 Å². The standard InChI is InChI=1S/C13H14N4O2/c1-17-10-5-3-2-4-8(10)12(16-17)14-9-6-7-11(18)15-13(9)19/h2-5,9H,6-7H2,1H3,(H,14,16)(H,15,18,19). The predicted octanol–water partition coefficient (Wildman–Crippen LogP) is 0.790. The van der Waals surface area contributed by atoms with Crippen molar-refractivity contribution in [2.45, 2.75) is 18.9 Å². The number of carbonyl (C=O) groups excluding carboxylic acids is 2. The zero-order valence-electron chi connectivity index (χ0n) is 10.5. The van der Waals surface area contributed by atoms with Crippen LogP contribution in [0.1, 0.15) is 12.8 Å². The SMILES string of the molecule is Cn1nc(NC2CCC(=O)NC2=O)c2ccccc21. The number of para-hydroxylation sites is 1. The molecule has 2 aromatic rings. The third-order valence-corrected chi connectivity index (χ3v) is 3.31. The van der Waals surface area contributed by atoms with Crippen molar-refractivity contribution in [2.24, 2.45) is 7.05 Å². The third-order valence-electron chi connectivity index (χ3n) is 3.31. The van der Waals surface area contributed by atoms with Crippen LogP contribution in [0.5, 0.6) is 0 Å². The molecule has 1 aromatic carbocycles. The summed E-state index contributed by atoms with van der Waals surface area (Å²) in [5.41, 5.74) is 0.997. The topological polar surface area (TPSA) is 76.0 Å². The summed E-state index contributed by atoms with van der Waals surface area (Å²) in [7, 11) is 1.86. The highest BCUT2D eigenvalue weighted by atomic mass is 16.2. The van der Waals surface area contributed by atoms with Crippen LogP contribution in [0.4, 0.5) is 5.82 Å². The van der Waals surface area contributed by atoms with Crippen molar-refractivity contribution in [1.82, 2.24) is 15.1 Å². The minimum atomic E-state index is -0.406. The summed E-state index contributed by atoms with van der Waals surface area (Å²) in [5.74, 6) is 0.174. The van der Waals surface area contributed by atoms with Crippen LogP contribution in [-0.2, 0) is 16.6 Å². The highest BCUT2D eigenvalue weighted by Gasteiger charge is 2.27. The number of amides is 2. The first kappa shape index (κ1) is 11.7. The number of fused-ring (bicyclic) bond motifs is 1. The number of carbonyl (C=O) groups is 2. The van der Waals surface area contributed by atoms with Crippen molar-refractivity contribution in [3.8, 4) is 0 Å². The van der Waals surface area contributed by atoms with E-state index in [1.54, 1.807) is 4.68 Å². The molecule has 2 heterocycles. The fourth-order valence-corrected chi connectivity index (χ4v) is 2.32. The van der Waals surface area contributed by atoms with Crippen LogP contribution >= 0.6 is 0 Å². The number of piperidine rings is 1. The van der Waals surface area contributed by atoms with Crippen LogP contribution in [-0.4, -0.2) is 27.6 Å². The molecule has 0 bridgehead atoms. The largest absolute Gasteiger partial charge is 0.356 e. The van der Waals surface area contributed by atoms with Gasteiger partial charge in [-0.05, 0) is 18.6 Å². The van der Waals surface area contributed by atoms with Gasteiger partial charge in [0.25, 0.3) is 0 Å². The molecule has 1 aliphatic rings. The van der Waals surface area contributed by atoms with Crippen LogP contribution in [0.15, 0.2) is 24.3 Å². The summed E-state index contributed by atoms with van der Waals surface area (Å²) in [6, 6.07) is 7.39. The van der Waals surface area contributed by atoms with Gasteiger partial charge in [0.15, 0.2) is 5.82 Å². The number of hydrogen-bond donors (Lipinski definition) is 2. The average molecular weight is 258 g/mol. The molecule has 19 heavy (non-hydrogen) atoms. The van der Waals surface area contributed by atoms with Gasteiger partial charge >= 0.3 is 0 Å². The Labute approximate surface area is 109 Å². The van der Waals surface area contributed by atoms with E-state index in [4.69, 9.17) is 0 Å². The van der Waals surface area contributed by atoms with E-state index in [9.17, 15) is 9.59 Å². The maximum atomic E-state index is 11.7. The van der Waals surface area contributed by atoms with E-state index < -0.39 is 6.04 Å². The normalized spacial score (nSPS) is 19.5. The number of rotatable bonds is 2. The smallest absolute Gasteiger partial charge is 0.249 e. The lowest BCUT2D eigenvalue weighted by Crippen LogP contribution is -2.47. The molecule has 6 heteroatoms. The zero-order valence-corrected chi connectivity index (χ0v) is 10.5. The number of imide groups is 1. The van der Waals surface area contributed by atoms with E-state index in [1.165, 1.54) is 0 Å². The van der Waals surface area contributed by atoms with Gasteiger partial charge in [-0.2, -0.15) is 5.10 Å². The van der Waals surface area contributed by atoms with E-state index in [2.05, 4.69) is 15.7 Å². The van der Waals surface area contributed by atoms with E-state index >= 15 is 0 Å². The number of hydrogen-bond acceptors (Lipinski definition) is 4. The van der Waals surface area contributed by atoms with Gasteiger partial charge in [-0.15, -0.1) is 0 Å². The predicted molar refractivity (Wildman–Crippen MR) is 70.5 cm³/mol. The second kappa shape index (κ2) is 4.38. The summed E-state index contributed by atoms with van der Waals surface area (Å²) in [6.45, 7) is 0. The minimum Gasteiger partial charge on any atom is -0.356 e. The van der Waals surface area contributed by atoms with E-state index in [0.717, 1.165) is 10.9 Å². The number of anilines is 1. The number of benzene rings is 1. The Kier molecular flexibility index (Phi) is 2.70. The first-order valence-electron chi connectivity index (χ1n) is 6.17. The monoisotopic (exact) mass is 258 g/mol. The summed E-state index contributed by atoms with van der Waals surface area (Å²) < 4.78 is 1.77. The summed E-state index contributed by atoms with van der Waals surface area (Å²) in [4.78, 5) is 22.8. The molecule has 1 aliphatic heterocycles. The van der Waals surface area contributed by atoms with Gasteiger partial charge in [-0.25, -0.2) is 0 Å². The van der Waals surface area contributed by atoms with Gasteiger partial charge in [-0.1, -0.05) is 12.1 Å². The Hall–Kier alpha value is -2.37. The number of nitrogens with zero attached hydrogens (tertiary/aromatic N) is 2. The molecule has 0 aliphatic carbocycles.